The predicted octanol–water partition coefficient (Wildman–Crippen LogP) is 1.45. The number of carbonyl (C=O) groups is 1. The Morgan fingerprint density at radius 2 is 2.00 bits per heavy atom. The van der Waals surface area contributed by atoms with Crippen LogP contribution in [-0.4, -0.2) is 38.1 Å². The summed E-state index contributed by atoms with van der Waals surface area (Å²) in [6.07, 6.45) is 1.25. The zero-order chi connectivity index (χ0) is 17.7. The summed E-state index contributed by atoms with van der Waals surface area (Å²) in [6.45, 7) is 0. The smallest absolute Gasteiger partial charge is 0.349 e. The first-order valence-electron chi connectivity index (χ1n) is 6.52. The maximum atomic E-state index is 12.7. The van der Waals surface area contributed by atoms with Gasteiger partial charge in [-0.2, -0.15) is 13.5 Å². The summed E-state index contributed by atoms with van der Waals surface area (Å²) >= 11 is 0.909. The molecule has 0 saturated carbocycles. The minimum atomic E-state index is -4.32. The molecule has 0 unspecified atom stereocenters. The van der Waals surface area contributed by atoms with Crippen LogP contribution in [-0.2, 0) is 14.8 Å². The van der Waals surface area contributed by atoms with Gasteiger partial charge in [0.15, 0.2) is 0 Å². The molecule has 126 valence electrons. The van der Waals surface area contributed by atoms with Crippen LogP contribution in [0.2, 0.25) is 0 Å². The van der Waals surface area contributed by atoms with Gasteiger partial charge < -0.3 is 10.5 Å². The van der Waals surface area contributed by atoms with Gasteiger partial charge in [-0.05, 0) is 17.0 Å². The normalized spacial score (nSPS) is 11.4. The minimum absolute atomic E-state index is 0.112. The third-order valence-corrected chi connectivity index (χ3v) is 5.49. The van der Waals surface area contributed by atoms with Crippen molar-refractivity contribution in [1.29, 1.82) is 5.41 Å². The number of hydrogen-bond acceptors (Lipinski definition) is 7. The van der Waals surface area contributed by atoms with Crippen LogP contribution in [0.5, 0.6) is 0 Å². The number of nitrogens with one attached hydrogen (secondary N) is 1. The van der Waals surface area contributed by atoms with Gasteiger partial charge in [0.25, 0.3) is 10.0 Å². The molecule has 0 aliphatic rings. The molecule has 0 bridgehead atoms. The van der Waals surface area contributed by atoms with Gasteiger partial charge in [0.2, 0.25) is 5.96 Å². The molecule has 1 aromatic carbocycles. The van der Waals surface area contributed by atoms with Crippen molar-refractivity contribution in [1.82, 2.24) is 4.41 Å². The molecule has 1 heterocycles. The number of hydrogen-bond donors (Lipinski definition) is 2. The van der Waals surface area contributed by atoms with E-state index in [1.54, 1.807) is 30.3 Å². The molecule has 2 aromatic rings. The molecule has 0 fully saturated rings. The Hall–Kier alpha value is -2.72. The molecule has 3 N–H and O–H groups in total. The van der Waals surface area contributed by atoms with Crippen LogP contribution in [0.25, 0.3) is 0 Å². The summed E-state index contributed by atoms with van der Waals surface area (Å²) in [4.78, 5) is 11.3. The molecule has 24 heavy (non-hydrogen) atoms. The molecule has 0 radical (unpaired) electrons. The highest BCUT2D eigenvalue weighted by molar-refractivity contribution is 7.89. The second-order valence-corrected chi connectivity index (χ2v) is 7.05. The van der Waals surface area contributed by atoms with Gasteiger partial charge in [0.05, 0.1) is 13.3 Å². The number of carbonyl (C=O) groups excluding carboxylic acids is 1. The number of nitrogens with two attached hydrogens (primary N) is 1. The number of ether oxygens (including phenoxy) is 1. The van der Waals surface area contributed by atoms with Gasteiger partial charge >= 0.3 is 5.97 Å². The van der Waals surface area contributed by atoms with Crippen molar-refractivity contribution in [3.63, 3.8) is 0 Å². The summed E-state index contributed by atoms with van der Waals surface area (Å²) < 4.78 is 30.3. The number of hydrazone groups is 1. The fraction of sp³-hybridized carbons (Fsp3) is 0.0714. The topological polar surface area (TPSA) is 126 Å². The molecule has 0 atom stereocenters. The Labute approximate surface area is 142 Å². The lowest BCUT2D eigenvalue weighted by Gasteiger charge is -2.16. The highest BCUT2D eigenvalue weighted by Gasteiger charge is 2.31. The molecular weight excluding hydrogens is 352 g/mol. The van der Waals surface area contributed by atoms with Crippen LogP contribution < -0.4 is 5.73 Å². The molecule has 10 heteroatoms. The van der Waals surface area contributed by atoms with Crippen LogP contribution >= 0.6 is 11.3 Å². The van der Waals surface area contributed by atoms with E-state index < -0.39 is 22.0 Å². The molecule has 0 spiro atoms. The molecule has 1 aromatic heterocycles. The number of methoxy groups -OCH3 is 1. The van der Waals surface area contributed by atoms with E-state index in [1.165, 1.54) is 17.7 Å². The quantitative estimate of drug-likeness (QED) is 0.358. The third-order valence-electron chi connectivity index (χ3n) is 2.82. The Morgan fingerprint density at radius 1 is 1.33 bits per heavy atom. The molecule has 0 saturated heterocycles. The average molecular weight is 366 g/mol. The van der Waals surface area contributed by atoms with Crippen molar-refractivity contribution in [3.05, 3.63) is 52.2 Å². The summed E-state index contributed by atoms with van der Waals surface area (Å²) in [5.41, 5.74) is 5.98. The first-order valence-corrected chi connectivity index (χ1v) is 8.84. The fourth-order valence-electron chi connectivity index (χ4n) is 1.75. The van der Waals surface area contributed by atoms with Crippen molar-refractivity contribution >= 4 is 39.5 Å². The van der Waals surface area contributed by atoms with Crippen molar-refractivity contribution in [2.75, 3.05) is 7.11 Å². The second-order valence-electron chi connectivity index (χ2n) is 4.39. The predicted molar refractivity (Wildman–Crippen MR) is 90.6 cm³/mol. The average Bonchev–Trinajstić information content (AvgIpc) is 3.05. The van der Waals surface area contributed by atoms with Gasteiger partial charge in [0.1, 0.15) is 9.77 Å². The van der Waals surface area contributed by atoms with Crippen molar-refractivity contribution in [2.45, 2.75) is 4.90 Å². The monoisotopic (exact) mass is 366 g/mol. The van der Waals surface area contributed by atoms with Crippen molar-refractivity contribution in [3.8, 4) is 0 Å². The Kier molecular flexibility index (Phi) is 5.31. The minimum Gasteiger partial charge on any atom is -0.465 e. The van der Waals surface area contributed by atoms with Gasteiger partial charge in [-0.3, -0.25) is 5.41 Å². The zero-order valence-corrected chi connectivity index (χ0v) is 14.2. The van der Waals surface area contributed by atoms with Crippen molar-refractivity contribution in [2.24, 2.45) is 10.8 Å². The first kappa shape index (κ1) is 17.6. The summed E-state index contributed by atoms with van der Waals surface area (Å²) in [6, 6.07) is 9.95. The lowest BCUT2D eigenvalue weighted by Crippen LogP contribution is -2.37. The maximum absolute atomic E-state index is 12.7. The van der Waals surface area contributed by atoms with Crippen LogP contribution in [0, 0.1) is 5.41 Å². The molecule has 2 rings (SSSR count). The number of rotatable bonds is 5. The molecule has 0 amide bonds. The van der Waals surface area contributed by atoms with Gasteiger partial charge in [0, 0.05) is 0 Å². The van der Waals surface area contributed by atoms with E-state index >= 15 is 0 Å². The zero-order valence-electron chi connectivity index (χ0n) is 12.5. The number of benzene rings is 1. The van der Waals surface area contributed by atoms with Crippen LogP contribution in [0.1, 0.15) is 15.2 Å². The lowest BCUT2D eigenvalue weighted by molar-refractivity contribution is 0.0602. The van der Waals surface area contributed by atoms with Gasteiger partial charge in [-0.1, -0.05) is 30.3 Å². The number of guanidine groups is 1. The molecule has 0 aliphatic heterocycles. The Bertz CT molecular complexity index is 875. The first-order chi connectivity index (χ1) is 11.4. The highest BCUT2D eigenvalue weighted by Crippen LogP contribution is 2.26. The third kappa shape index (κ3) is 3.60. The van der Waals surface area contributed by atoms with E-state index in [9.17, 15) is 13.2 Å². The van der Waals surface area contributed by atoms with Crippen molar-refractivity contribution < 1.29 is 17.9 Å². The Morgan fingerprint density at radius 3 is 2.58 bits per heavy atom. The van der Waals surface area contributed by atoms with Crippen LogP contribution in [0.15, 0.2) is 51.8 Å². The SMILES string of the molecule is COC(=O)c1sccc1S(=O)(=O)N(/N=C/c1ccccc1)C(=N)N. The number of thiophene rings is 1. The molecular formula is C14H14N4O4S2. The highest BCUT2D eigenvalue weighted by atomic mass is 32.2. The van der Waals surface area contributed by atoms with E-state index in [2.05, 4.69) is 9.84 Å². The summed E-state index contributed by atoms with van der Waals surface area (Å²) in [5.74, 6) is -1.59. The van der Waals surface area contributed by atoms with Crippen LogP contribution in [0.4, 0.5) is 0 Å². The summed E-state index contributed by atoms with van der Waals surface area (Å²) in [5, 5.41) is 12.7. The number of esters is 1. The van der Waals surface area contributed by atoms with E-state index in [0.29, 0.717) is 9.98 Å². The number of sulfonamides is 1. The maximum Gasteiger partial charge on any atom is 0.349 e. The Balaban J connectivity index is 2.44. The fourth-order valence-corrected chi connectivity index (χ4v) is 4.17. The van der Waals surface area contributed by atoms with E-state index in [0.717, 1.165) is 18.4 Å². The van der Waals surface area contributed by atoms with Crippen LogP contribution in [0.3, 0.4) is 0 Å². The van der Waals surface area contributed by atoms with Gasteiger partial charge in [-0.15, -0.1) is 15.8 Å². The summed E-state index contributed by atoms with van der Waals surface area (Å²) in [7, 11) is -3.17. The van der Waals surface area contributed by atoms with E-state index in [4.69, 9.17) is 11.1 Å². The molecule has 8 nitrogen and oxygen atoms in total. The van der Waals surface area contributed by atoms with E-state index in [1.807, 2.05) is 0 Å². The lowest BCUT2D eigenvalue weighted by atomic mass is 10.2. The number of nitrogens with zero attached hydrogens (tertiary/aromatic N) is 2. The van der Waals surface area contributed by atoms with E-state index in [-0.39, 0.29) is 9.77 Å². The second kappa shape index (κ2) is 7.23. The van der Waals surface area contributed by atoms with Gasteiger partial charge in [-0.25, -0.2) is 4.79 Å². The standard InChI is InChI=1S/C14H14N4O4S2/c1-22-13(19)12-11(7-8-23-12)24(20,21)18(14(15)16)17-9-10-5-3-2-4-6-10/h2-9H,1H3,(H3,15,16)/b17-9+. The molecule has 0 aliphatic carbocycles. The largest absolute Gasteiger partial charge is 0.465 e.